The number of nitrogens with zero attached hydrogens (tertiary/aromatic N) is 3. The van der Waals surface area contributed by atoms with Crippen LogP contribution in [0.25, 0.3) is 0 Å². The van der Waals surface area contributed by atoms with Gasteiger partial charge in [0.05, 0.1) is 10.8 Å². The highest BCUT2D eigenvalue weighted by molar-refractivity contribution is 5.78. The Labute approximate surface area is 110 Å². The molecule has 0 radical (unpaired) electrons. The van der Waals surface area contributed by atoms with Gasteiger partial charge in [-0.3, -0.25) is 14.9 Å². The van der Waals surface area contributed by atoms with Crippen molar-refractivity contribution in [2.45, 2.75) is 6.92 Å². The summed E-state index contributed by atoms with van der Waals surface area (Å²) in [6.07, 6.45) is 0. The van der Waals surface area contributed by atoms with Crippen LogP contribution in [0.4, 0.5) is 17.3 Å². The SMILES string of the molecule is CNC(=O)C(C)CN(C)c1ccc([N+](=O)[O-])c(N)n1. The first kappa shape index (κ1) is 14.7. The van der Waals surface area contributed by atoms with Gasteiger partial charge >= 0.3 is 5.69 Å². The zero-order valence-electron chi connectivity index (χ0n) is 11.1. The summed E-state index contributed by atoms with van der Waals surface area (Å²) in [6, 6.07) is 2.81. The Morgan fingerprint density at radius 3 is 2.74 bits per heavy atom. The van der Waals surface area contributed by atoms with Crippen LogP contribution in [0.3, 0.4) is 0 Å². The van der Waals surface area contributed by atoms with Crippen molar-refractivity contribution in [3.8, 4) is 0 Å². The second kappa shape index (κ2) is 5.98. The third kappa shape index (κ3) is 3.54. The Morgan fingerprint density at radius 1 is 1.63 bits per heavy atom. The van der Waals surface area contributed by atoms with Crippen LogP contribution in [0.1, 0.15) is 6.92 Å². The van der Waals surface area contributed by atoms with Gasteiger partial charge in [0, 0.05) is 26.7 Å². The maximum Gasteiger partial charge on any atom is 0.311 e. The molecule has 0 aliphatic heterocycles. The maximum atomic E-state index is 11.4. The molecule has 104 valence electrons. The van der Waals surface area contributed by atoms with Gasteiger partial charge in [-0.15, -0.1) is 0 Å². The fraction of sp³-hybridized carbons (Fsp3) is 0.455. The molecule has 8 heteroatoms. The summed E-state index contributed by atoms with van der Waals surface area (Å²) in [5.41, 5.74) is 5.29. The molecule has 0 aliphatic carbocycles. The molecule has 0 aliphatic rings. The minimum atomic E-state index is -0.584. The van der Waals surface area contributed by atoms with Crippen LogP contribution < -0.4 is 16.0 Å². The molecule has 0 spiro atoms. The number of pyridine rings is 1. The summed E-state index contributed by atoms with van der Waals surface area (Å²) < 4.78 is 0. The van der Waals surface area contributed by atoms with Gasteiger partial charge in [0.15, 0.2) is 0 Å². The third-order valence-corrected chi connectivity index (χ3v) is 2.72. The second-order valence-electron chi connectivity index (χ2n) is 4.23. The summed E-state index contributed by atoms with van der Waals surface area (Å²) in [6.45, 7) is 2.22. The zero-order valence-corrected chi connectivity index (χ0v) is 11.1. The van der Waals surface area contributed by atoms with E-state index in [1.54, 1.807) is 25.9 Å². The number of nitrogens with two attached hydrogens (primary N) is 1. The summed E-state index contributed by atoms with van der Waals surface area (Å²) in [5, 5.41) is 13.2. The van der Waals surface area contributed by atoms with E-state index in [1.807, 2.05) is 0 Å². The van der Waals surface area contributed by atoms with Crippen molar-refractivity contribution in [2.24, 2.45) is 5.92 Å². The molecule has 1 aromatic heterocycles. The van der Waals surface area contributed by atoms with Crippen molar-refractivity contribution in [3.63, 3.8) is 0 Å². The summed E-state index contributed by atoms with van der Waals surface area (Å²) in [5.74, 6) is 0.0377. The highest BCUT2D eigenvalue weighted by atomic mass is 16.6. The number of hydrogen-bond acceptors (Lipinski definition) is 6. The number of hydrogen-bond donors (Lipinski definition) is 2. The lowest BCUT2D eigenvalue weighted by Gasteiger charge is -2.21. The molecule has 0 saturated carbocycles. The van der Waals surface area contributed by atoms with E-state index >= 15 is 0 Å². The first-order valence-corrected chi connectivity index (χ1v) is 5.70. The molecule has 1 atom stereocenters. The molecule has 3 N–H and O–H groups in total. The van der Waals surface area contributed by atoms with Gasteiger partial charge in [-0.25, -0.2) is 4.98 Å². The van der Waals surface area contributed by atoms with Gasteiger partial charge < -0.3 is 16.0 Å². The standard InChI is InChI=1S/C11H17N5O3/c1-7(11(17)13-2)6-15(3)9-5-4-8(16(18)19)10(12)14-9/h4-5,7H,6H2,1-3H3,(H2,12,14)(H,13,17). The van der Waals surface area contributed by atoms with Crippen molar-refractivity contribution in [1.82, 2.24) is 10.3 Å². The molecule has 0 saturated heterocycles. The lowest BCUT2D eigenvalue weighted by atomic mass is 10.1. The van der Waals surface area contributed by atoms with E-state index in [4.69, 9.17) is 5.73 Å². The quantitative estimate of drug-likeness (QED) is 0.589. The predicted octanol–water partition coefficient (Wildman–Crippen LogP) is 0.390. The van der Waals surface area contributed by atoms with Crippen molar-refractivity contribution in [3.05, 3.63) is 22.2 Å². The summed E-state index contributed by atoms with van der Waals surface area (Å²) >= 11 is 0. The van der Waals surface area contributed by atoms with Crippen LogP contribution in [-0.2, 0) is 4.79 Å². The zero-order chi connectivity index (χ0) is 14.6. The van der Waals surface area contributed by atoms with Gasteiger partial charge in [0.25, 0.3) is 0 Å². The molecule has 0 aromatic carbocycles. The minimum absolute atomic E-state index is 0.0817. The Balaban J connectivity index is 2.83. The van der Waals surface area contributed by atoms with E-state index in [0.29, 0.717) is 12.4 Å². The number of nitrogens with one attached hydrogen (secondary N) is 1. The van der Waals surface area contributed by atoms with E-state index in [-0.39, 0.29) is 23.3 Å². The molecule has 1 heterocycles. The number of aromatic nitrogens is 1. The van der Waals surface area contributed by atoms with Gasteiger partial charge in [0.1, 0.15) is 5.82 Å². The van der Waals surface area contributed by atoms with Crippen LogP contribution in [0.15, 0.2) is 12.1 Å². The van der Waals surface area contributed by atoms with Gasteiger partial charge in [-0.2, -0.15) is 0 Å². The molecule has 1 rings (SSSR count). The van der Waals surface area contributed by atoms with Crippen LogP contribution in [0, 0.1) is 16.0 Å². The lowest BCUT2D eigenvalue weighted by molar-refractivity contribution is -0.384. The molecule has 0 fully saturated rings. The summed E-state index contributed by atoms with van der Waals surface area (Å²) in [7, 11) is 3.31. The first-order chi connectivity index (χ1) is 8.86. The first-order valence-electron chi connectivity index (χ1n) is 5.70. The largest absolute Gasteiger partial charge is 0.378 e. The molecule has 1 aromatic rings. The van der Waals surface area contributed by atoms with E-state index in [2.05, 4.69) is 10.3 Å². The highest BCUT2D eigenvalue weighted by Crippen LogP contribution is 2.22. The number of amides is 1. The van der Waals surface area contributed by atoms with E-state index in [1.165, 1.54) is 12.1 Å². The molecule has 19 heavy (non-hydrogen) atoms. The number of anilines is 2. The highest BCUT2D eigenvalue weighted by Gasteiger charge is 2.17. The Kier molecular flexibility index (Phi) is 4.62. The maximum absolute atomic E-state index is 11.4. The monoisotopic (exact) mass is 267 g/mol. The van der Waals surface area contributed by atoms with E-state index in [0.717, 1.165) is 0 Å². The molecule has 8 nitrogen and oxygen atoms in total. The minimum Gasteiger partial charge on any atom is -0.378 e. The number of rotatable bonds is 5. The van der Waals surface area contributed by atoms with Crippen LogP contribution in [-0.4, -0.2) is 36.5 Å². The fourth-order valence-corrected chi connectivity index (χ4v) is 1.66. The average molecular weight is 267 g/mol. The smallest absolute Gasteiger partial charge is 0.311 e. The number of nitro groups is 1. The Morgan fingerprint density at radius 2 is 2.26 bits per heavy atom. The average Bonchev–Trinajstić information content (AvgIpc) is 2.36. The van der Waals surface area contributed by atoms with Crippen molar-refractivity contribution in [1.29, 1.82) is 0 Å². The van der Waals surface area contributed by atoms with E-state index < -0.39 is 4.92 Å². The van der Waals surface area contributed by atoms with Crippen molar-refractivity contribution < 1.29 is 9.72 Å². The normalized spacial score (nSPS) is 11.7. The van der Waals surface area contributed by atoms with Crippen LogP contribution in [0.2, 0.25) is 0 Å². The lowest BCUT2D eigenvalue weighted by Crippen LogP contribution is -2.34. The predicted molar refractivity (Wildman–Crippen MR) is 71.8 cm³/mol. The number of carbonyl (C=O) groups is 1. The Hall–Kier alpha value is -2.38. The second-order valence-corrected chi connectivity index (χ2v) is 4.23. The molecule has 1 amide bonds. The molecular formula is C11H17N5O3. The molecular weight excluding hydrogens is 250 g/mol. The van der Waals surface area contributed by atoms with Crippen LogP contribution >= 0.6 is 0 Å². The topological polar surface area (TPSA) is 114 Å². The number of nitrogen functional groups attached to an aromatic ring is 1. The van der Waals surface area contributed by atoms with Gasteiger partial charge in [-0.1, -0.05) is 6.92 Å². The number of carbonyl (C=O) groups excluding carboxylic acids is 1. The van der Waals surface area contributed by atoms with Crippen molar-refractivity contribution in [2.75, 3.05) is 31.3 Å². The van der Waals surface area contributed by atoms with E-state index in [9.17, 15) is 14.9 Å². The van der Waals surface area contributed by atoms with Gasteiger partial charge in [-0.05, 0) is 6.07 Å². The fourth-order valence-electron chi connectivity index (χ4n) is 1.66. The Bertz CT molecular complexity index is 491. The van der Waals surface area contributed by atoms with Crippen molar-refractivity contribution >= 4 is 23.2 Å². The molecule has 0 bridgehead atoms. The van der Waals surface area contributed by atoms with Gasteiger partial charge in [0.2, 0.25) is 11.7 Å². The van der Waals surface area contributed by atoms with Crippen LogP contribution in [0.5, 0.6) is 0 Å². The third-order valence-electron chi connectivity index (χ3n) is 2.72. The molecule has 1 unspecified atom stereocenters. The summed E-state index contributed by atoms with van der Waals surface area (Å²) in [4.78, 5) is 27.1.